The molecule has 2 aromatic heterocycles. The van der Waals surface area contributed by atoms with E-state index in [1.807, 2.05) is 30.3 Å². The molecule has 1 saturated heterocycles. The lowest BCUT2D eigenvalue weighted by atomic mass is 9.99. The van der Waals surface area contributed by atoms with E-state index in [4.69, 9.17) is 4.52 Å². The van der Waals surface area contributed by atoms with Crippen LogP contribution in [0.2, 0.25) is 0 Å². The lowest BCUT2D eigenvalue weighted by molar-refractivity contribution is -0.137. The number of aromatic nitrogens is 2. The van der Waals surface area contributed by atoms with E-state index >= 15 is 0 Å². The summed E-state index contributed by atoms with van der Waals surface area (Å²) in [6.07, 6.45) is 2.19. The Hall–Kier alpha value is -3.06. The molecule has 3 heterocycles. The second-order valence-corrected chi connectivity index (χ2v) is 7.52. The number of likely N-dealkylation sites (tertiary alicyclic amines) is 1. The number of Topliss-reactive ketones (excluding diaryl/α,β-unsaturated/α-hetero) is 1. The highest BCUT2D eigenvalue weighted by Gasteiger charge is 2.38. The second kappa shape index (κ2) is 8.13. The van der Waals surface area contributed by atoms with Crippen molar-refractivity contribution in [2.75, 3.05) is 6.54 Å². The van der Waals surface area contributed by atoms with Crippen LogP contribution in [0, 0.1) is 6.92 Å². The molecule has 3 aromatic rings. The molecule has 1 fully saturated rings. The van der Waals surface area contributed by atoms with Crippen molar-refractivity contribution in [2.24, 2.45) is 0 Å². The third-order valence-corrected chi connectivity index (χ3v) is 5.33. The highest BCUT2D eigenvalue weighted by molar-refractivity contribution is 5.91. The van der Waals surface area contributed by atoms with Gasteiger partial charge >= 0.3 is 0 Å². The van der Waals surface area contributed by atoms with Crippen LogP contribution >= 0.6 is 0 Å². The molecule has 150 valence electrons. The first-order valence-electron chi connectivity index (χ1n) is 9.76. The van der Waals surface area contributed by atoms with Gasteiger partial charge < -0.3 is 14.5 Å². The van der Waals surface area contributed by atoms with Crippen LogP contribution in [0.15, 0.2) is 47.1 Å². The molecule has 1 aromatic carbocycles. The average molecular weight is 393 g/mol. The molecule has 0 bridgehead atoms. The number of carbonyl (C=O) groups excluding carboxylic acids is 2. The van der Waals surface area contributed by atoms with Crippen molar-refractivity contribution in [3.8, 4) is 0 Å². The fourth-order valence-corrected chi connectivity index (χ4v) is 3.94. The second-order valence-electron chi connectivity index (χ2n) is 7.52. The van der Waals surface area contributed by atoms with Crippen molar-refractivity contribution in [1.82, 2.24) is 15.0 Å². The number of para-hydroxylation sites is 1. The third kappa shape index (κ3) is 4.19. The normalized spacial score (nSPS) is 19.0. The van der Waals surface area contributed by atoms with E-state index in [0.717, 1.165) is 16.5 Å². The highest BCUT2D eigenvalue weighted by atomic mass is 16.5. The van der Waals surface area contributed by atoms with Gasteiger partial charge in [0.05, 0.1) is 29.8 Å². The molecule has 1 N–H and O–H groups in total. The Balaban J connectivity index is 1.44. The first-order chi connectivity index (χ1) is 14.0. The predicted octanol–water partition coefficient (Wildman–Crippen LogP) is 2.24. The molecule has 7 heteroatoms. The van der Waals surface area contributed by atoms with Crippen molar-refractivity contribution < 1.29 is 19.2 Å². The maximum atomic E-state index is 12.9. The third-order valence-electron chi connectivity index (χ3n) is 5.33. The van der Waals surface area contributed by atoms with Gasteiger partial charge in [-0.3, -0.25) is 14.6 Å². The summed E-state index contributed by atoms with van der Waals surface area (Å²) >= 11 is 0. The maximum Gasteiger partial charge on any atom is 0.231 e. The van der Waals surface area contributed by atoms with Gasteiger partial charge in [-0.2, -0.15) is 0 Å². The van der Waals surface area contributed by atoms with Gasteiger partial charge in [0.2, 0.25) is 5.91 Å². The molecular weight excluding hydrogens is 370 g/mol. The minimum absolute atomic E-state index is 0.0323. The fraction of sp³-hybridized carbons (Fsp3) is 0.364. The zero-order valence-corrected chi connectivity index (χ0v) is 16.2. The molecule has 0 unspecified atom stereocenters. The molecule has 1 aliphatic heterocycles. The van der Waals surface area contributed by atoms with Crippen LogP contribution in [0.1, 0.15) is 29.9 Å². The minimum atomic E-state index is -0.691. The van der Waals surface area contributed by atoms with E-state index in [-0.39, 0.29) is 37.5 Å². The average Bonchev–Trinajstić information content (AvgIpc) is 3.31. The summed E-state index contributed by atoms with van der Waals surface area (Å²) < 4.78 is 5.11. The molecule has 0 aliphatic carbocycles. The largest absolute Gasteiger partial charge is 0.391 e. The van der Waals surface area contributed by atoms with Crippen LogP contribution in [-0.4, -0.2) is 50.5 Å². The molecule has 1 aliphatic rings. The van der Waals surface area contributed by atoms with Crippen LogP contribution in [0.4, 0.5) is 0 Å². The van der Waals surface area contributed by atoms with Crippen LogP contribution in [0.25, 0.3) is 10.9 Å². The molecule has 0 radical (unpaired) electrons. The molecule has 1 amide bonds. The maximum absolute atomic E-state index is 12.9. The Kier molecular flexibility index (Phi) is 5.40. The summed E-state index contributed by atoms with van der Waals surface area (Å²) in [6, 6.07) is 10.9. The molecular formula is C22H23N3O4. The summed E-state index contributed by atoms with van der Waals surface area (Å²) in [5.41, 5.74) is 2.60. The van der Waals surface area contributed by atoms with E-state index in [1.165, 1.54) is 4.90 Å². The van der Waals surface area contributed by atoms with E-state index in [0.29, 0.717) is 17.9 Å². The van der Waals surface area contributed by atoms with E-state index in [1.54, 1.807) is 19.2 Å². The number of pyridine rings is 1. The standard InChI is InChI=1S/C22H23N3O4/c1-14-10-18(29-24-14)12-21(28)25-13-17(26)11-19(25)20(27)8-7-16-5-2-4-15-6-3-9-23-22(15)16/h2-6,9-10,17,19,26H,7-8,11-13H2,1H3/t17-,19+/m1/s1. The predicted molar refractivity (Wildman–Crippen MR) is 106 cm³/mol. The zero-order valence-electron chi connectivity index (χ0n) is 16.2. The topological polar surface area (TPSA) is 96.5 Å². The monoisotopic (exact) mass is 393 g/mol. The SMILES string of the molecule is Cc1cc(CC(=O)N2C[C@H](O)C[C@H]2C(=O)CCc2cccc3cccnc23)on1. The summed E-state index contributed by atoms with van der Waals surface area (Å²) in [7, 11) is 0. The number of fused-ring (bicyclic) bond motifs is 1. The van der Waals surface area contributed by atoms with Gasteiger partial charge in [0.1, 0.15) is 5.76 Å². The van der Waals surface area contributed by atoms with Crippen LogP contribution in [-0.2, 0) is 22.4 Å². The molecule has 4 rings (SSSR count). The Labute approximate surface area is 168 Å². The molecule has 29 heavy (non-hydrogen) atoms. The summed E-state index contributed by atoms with van der Waals surface area (Å²) in [5, 5.41) is 14.9. The number of carbonyl (C=O) groups is 2. The number of nitrogens with zero attached hydrogens (tertiary/aromatic N) is 3. The number of aryl methyl sites for hydroxylation is 2. The van der Waals surface area contributed by atoms with Crippen LogP contribution in [0.5, 0.6) is 0 Å². The first kappa shape index (κ1) is 19.3. The Morgan fingerprint density at radius 2 is 2.10 bits per heavy atom. The lowest BCUT2D eigenvalue weighted by Crippen LogP contribution is -2.41. The number of hydrogen-bond acceptors (Lipinski definition) is 6. The smallest absolute Gasteiger partial charge is 0.231 e. The van der Waals surface area contributed by atoms with E-state index in [9.17, 15) is 14.7 Å². The summed E-state index contributed by atoms with van der Waals surface area (Å²) in [5.74, 6) is 0.182. The number of β-amino-alcohol motifs (C(OH)–C–C–N with tert-alkyl or cyclic N) is 1. The fourth-order valence-electron chi connectivity index (χ4n) is 3.94. The van der Waals surface area contributed by atoms with Crippen molar-refractivity contribution in [3.63, 3.8) is 0 Å². The van der Waals surface area contributed by atoms with E-state index < -0.39 is 12.1 Å². The number of benzene rings is 1. The number of aliphatic hydroxyl groups excluding tert-OH is 1. The number of hydrogen-bond donors (Lipinski definition) is 1. The summed E-state index contributed by atoms with van der Waals surface area (Å²) in [6.45, 7) is 1.95. The zero-order chi connectivity index (χ0) is 20.4. The quantitative estimate of drug-likeness (QED) is 0.690. The molecule has 0 saturated carbocycles. The van der Waals surface area contributed by atoms with Gasteiger partial charge in [-0.15, -0.1) is 0 Å². The highest BCUT2D eigenvalue weighted by Crippen LogP contribution is 2.23. The lowest BCUT2D eigenvalue weighted by Gasteiger charge is -2.23. The molecule has 0 spiro atoms. The van der Waals surface area contributed by atoms with Gasteiger partial charge in [-0.05, 0) is 25.0 Å². The Morgan fingerprint density at radius 1 is 1.28 bits per heavy atom. The molecule has 7 nitrogen and oxygen atoms in total. The van der Waals surface area contributed by atoms with Crippen molar-refractivity contribution in [2.45, 2.75) is 44.8 Å². The van der Waals surface area contributed by atoms with Crippen molar-refractivity contribution in [1.29, 1.82) is 0 Å². The molecule has 2 atom stereocenters. The number of rotatable bonds is 6. The number of amides is 1. The van der Waals surface area contributed by atoms with Gasteiger partial charge in [-0.25, -0.2) is 0 Å². The van der Waals surface area contributed by atoms with Gasteiger partial charge in [0.15, 0.2) is 5.78 Å². The van der Waals surface area contributed by atoms with Crippen molar-refractivity contribution in [3.05, 3.63) is 59.6 Å². The van der Waals surface area contributed by atoms with Crippen LogP contribution in [0.3, 0.4) is 0 Å². The minimum Gasteiger partial charge on any atom is -0.391 e. The Morgan fingerprint density at radius 3 is 2.90 bits per heavy atom. The number of ketones is 1. The summed E-state index contributed by atoms with van der Waals surface area (Å²) in [4.78, 5) is 31.5. The Bertz CT molecular complexity index is 1040. The van der Waals surface area contributed by atoms with Gasteiger partial charge in [0, 0.05) is 37.0 Å². The van der Waals surface area contributed by atoms with E-state index in [2.05, 4.69) is 10.1 Å². The first-order valence-corrected chi connectivity index (χ1v) is 9.76. The number of aliphatic hydroxyl groups is 1. The van der Waals surface area contributed by atoms with Crippen molar-refractivity contribution >= 4 is 22.6 Å². The van der Waals surface area contributed by atoms with Gasteiger partial charge in [-0.1, -0.05) is 29.4 Å². The van der Waals surface area contributed by atoms with Crippen LogP contribution < -0.4 is 0 Å². The van der Waals surface area contributed by atoms with Gasteiger partial charge in [0.25, 0.3) is 0 Å².